The number of aliphatic hydroxyl groups excluding tert-OH is 1. The van der Waals surface area contributed by atoms with Crippen molar-refractivity contribution in [1.82, 2.24) is 9.97 Å². The molecule has 10 nitrogen and oxygen atoms in total. The average molecular weight is 498 g/mol. The van der Waals surface area contributed by atoms with Gasteiger partial charge in [-0.15, -0.1) is 0 Å². The van der Waals surface area contributed by atoms with Crippen LogP contribution in [-0.4, -0.2) is 50.1 Å². The first-order chi connectivity index (χ1) is 15.7. The van der Waals surface area contributed by atoms with Crippen LogP contribution in [0.1, 0.15) is 0 Å². The van der Waals surface area contributed by atoms with Gasteiger partial charge in [-0.1, -0.05) is 11.6 Å². The zero-order chi connectivity index (χ0) is 24.0. The number of benzene rings is 2. The predicted molar refractivity (Wildman–Crippen MR) is 124 cm³/mol. The summed E-state index contributed by atoms with van der Waals surface area (Å²) in [6.45, 7) is -0.126. The number of aliphatic hydroxyl groups is 1. The molecule has 0 spiro atoms. The molecule has 0 bridgehead atoms. The van der Waals surface area contributed by atoms with E-state index in [-0.39, 0.29) is 41.4 Å². The number of methoxy groups -OCH3 is 1. The minimum Gasteiger partial charge on any atom is -0.497 e. The molecule has 0 amide bonds. The van der Waals surface area contributed by atoms with Crippen molar-refractivity contribution in [3.8, 4) is 11.5 Å². The van der Waals surface area contributed by atoms with Crippen molar-refractivity contribution in [2.75, 3.05) is 41.9 Å². The van der Waals surface area contributed by atoms with Crippen molar-refractivity contribution < 1.29 is 27.4 Å². The molecule has 0 aliphatic heterocycles. The smallest absolute Gasteiger partial charge is 0.229 e. The second-order valence-corrected chi connectivity index (χ2v) is 8.80. The Hall–Kier alpha value is -3.35. The van der Waals surface area contributed by atoms with Crippen molar-refractivity contribution in [3.05, 3.63) is 53.4 Å². The van der Waals surface area contributed by atoms with Crippen LogP contribution in [0.2, 0.25) is 5.02 Å². The Morgan fingerprint density at radius 1 is 1.09 bits per heavy atom. The molecule has 176 valence electrons. The lowest BCUT2D eigenvalue weighted by Gasteiger charge is -2.15. The Labute approximate surface area is 194 Å². The van der Waals surface area contributed by atoms with Crippen molar-refractivity contribution in [2.24, 2.45) is 0 Å². The zero-order valence-corrected chi connectivity index (χ0v) is 19.2. The highest BCUT2D eigenvalue weighted by Gasteiger charge is 2.14. The molecule has 0 saturated heterocycles. The fraction of sp³-hybridized carbons (Fsp3) is 0.200. The number of hydrogen-bond donors (Lipinski definition) is 4. The first-order valence-corrected chi connectivity index (χ1v) is 11.7. The maximum atomic E-state index is 14.2. The van der Waals surface area contributed by atoms with Gasteiger partial charge in [0.1, 0.15) is 28.9 Å². The third-order valence-electron chi connectivity index (χ3n) is 4.06. The van der Waals surface area contributed by atoms with Crippen molar-refractivity contribution in [3.63, 3.8) is 0 Å². The average Bonchev–Trinajstić information content (AvgIpc) is 2.76. The van der Waals surface area contributed by atoms with Crippen molar-refractivity contribution in [2.45, 2.75) is 0 Å². The number of hydrogen-bond acceptors (Lipinski definition) is 9. The number of halogens is 2. The molecule has 13 heteroatoms. The Kier molecular flexibility index (Phi) is 7.74. The quantitative estimate of drug-likeness (QED) is 0.332. The summed E-state index contributed by atoms with van der Waals surface area (Å²) >= 11 is 6.21. The standard InChI is InChI=1S/C20H21ClFN5O5S/c1-31-12-4-6-16(18(9-12)27-33(2,29)30)24-19-14(21)11-23-20(26-19)25-17-10-13(32-8-7-28)3-5-15(17)22/h3-6,9-11,27-28H,7-8H2,1-2H3,(H2,23,24,25,26). The SMILES string of the molecule is COc1ccc(Nc2nc(Nc3cc(OCCO)ccc3F)ncc2Cl)c(NS(C)(=O)=O)c1. The van der Waals surface area contributed by atoms with E-state index in [9.17, 15) is 12.8 Å². The van der Waals surface area contributed by atoms with Gasteiger partial charge in [0.05, 0.1) is 43.2 Å². The number of sulfonamides is 1. The van der Waals surface area contributed by atoms with E-state index in [1.54, 1.807) is 12.1 Å². The molecule has 1 heterocycles. The van der Waals surface area contributed by atoms with E-state index in [0.29, 0.717) is 17.2 Å². The second kappa shape index (κ2) is 10.5. The number of nitrogens with zero attached hydrogens (tertiary/aromatic N) is 2. The molecular weight excluding hydrogens is 477 g/mol. The van der Waals surface area contributed by atoms with Crippen molar-refractivity contribution in [1.29, 1.82) is 0 Å². The Balaban J connectivity index is 1.89. The van der Waals surface area contributed by atoms with Crippen LogP contribution in [0.5, 0.6) is 11.5 Å². The van der Waals surface area contributed by atoms with E-state index in [1.807, 2.05) is 0 Å². The summed E-state index contributed by atoms with van der Waals surface area (Å²) in [5.74, 6) is 0.362. The highest BCUT2D eigenvalue weighted by molar-refractivity contribution is 7.92. The molecule has 3 rings (SSSR count). The van der Waals surface area contributed by atoms with Crippen molar-refractivity contribution >= 4 is 50.5 Å². The van der Waals surface area contributed by atoms with Gasteiger partial charge in [0.2, 0.25) is 16.0 Å². The molecule has 3 aromatic rings. The lowest BCUT2D eigenvalue weighted by atomic mass is 10.2. The lowest BCUT2D eigenvalue weighted by Crippen LogP contribution is -2.11. The molecule has 2 aromatic carbocycles. The first-order valence-electron chi connectivity index (χ1n) is 9.44. The van der Waals surface area contributed by atoms with Gasteiger partial charge in [-0.05, 0) is 24.3 Å². The summed E-state index contributed by atoms with van der Waals surface area (Å²) in [6, 6.07) is 8.71. The maximum Gasteiger partial charge on any atom is 0.229 e. The molecule has 0 aliphatic rings. The predicted octanol–water partition coefficient (Wildman–Crippen LogP) is 3.51. The molecule has 0 radical (unpaired) electrons. The maximum absolute atomic E-state index is 14.2. The molecule has 0 fully saturated rings. The normalized spacial score (nSPS) is 11.1. The summed E-state index contributed by atoms with van der Waals surface area (Å²) < 4.78 is 50.6. The van der Waals surface area contributed by atoms with Gasteiger partial charge in [-0.2, -0.15) is 4.98 Å². The number of aromatic nitrogens is 2. The molecular formula is C20H21ClFN5O5S. The summed E-state index contributed by atoms with van der Waals surface area (Å²) in [6.07, 6.45) is 2.32. The fourth-order valence-corrected chi connectivity index (χ4v) is 3.37. The van der Waals surface area contributed by atoms with Crippen LogP contribution in [0, 0.1) is 5.82 Å². The number of anilines is 5. The summed E-state index contributed by atoms with van der Waals surface area (Å²) in [5.41, 5.74) is 0.599. The lowest BCUT2D eigenvalue weighted by molar-refractivity contribution is 0.201. The fourth-order valence-electron chi connectivity index (χ4n) is 2.66. The monoisotopic (exact) mass is 497 g/mol. The summed E-state index contributed by atoms with van der Waals surface area (Å²) in [5, 5.41) is 14.7. The molecule has 1 aromatic heterocycles. The molecule has 4 N–H and O–H groups in total. The van der Waals surface area contributed by atoms with Gasteiger partial charge in [0.25, 0.3) is 0 Å². The van der Waals surface area contributed by atoms with E-state index in [0.717, 1.165) is 6.26 Å². The molecule has 0 saturated carbocycles. The zero-order valence-electron chi connectivity index (χ0n) is 17.6. The summed E-state index contributed by atoms with van der Waals surface area (Å²) in [7, 11) is -2.13. The Morgan fingerprint density at radius 3 is 2.52 bits per heavy atom. The third kappa shape index (κ3) is 6.81. The van der Waals surface area contributed by atoms with Gasteiger partial charge in [0, 0.05) is 12.1 Å². The molecule has 0 atom stereocenters. The van der Waals surface area contributed by atoms with Gasteiger partial charge in [-0.3, -0.25) is 4.72 Å². The summed E-state index contributed by atoms with van der Waals surface area (Å²) in [4.78, 5) is 8.30. The van der Waals surface area contributed by atoms with Crippen LogP contribution in [-0.2, 0) is 10.0 Å². The van der Waals surface area contributed by atoms with Crippen LogP contribution in [0.3, 0.4) is 0 Å². The van der Waals surface area contributed by atoms with Crippen LogP contribution in [0.15, 0.2) is 42.6 Å². The van der Waals surface area contributed by atoms with Crippen LogP contribution < -0.4 is 24.8 Å². The Bertz CT molecular complexity index is 1250. The number of ether oxygens (including phenoxy) is 2. The van der Waals surface area contributed by atoms with Gasteiger partial charge in [-0.25, -0.2) is 17.8 Å². The topological polar surface area (TPSA) is 135 Å². The van der Waals surface area contributed by atoms with Crippen LogP contribution in [0.25, 0.3) is 0 Å². The van der Waals surface area contributed by atoms with E-state index in [2.05, 4.69) is 25.3 Å². The van der Waals surface area contributed by atoms with E-state index < -0.39 is 15.8 Å². The van der Waals surface area contributed by atoms with Gasteiger partial charge < -0.3 is 25.2 Å². The minimum atomic E-state index is -3.58. The minimum absolute atomic E-state index is 0.0197. The van der Waals surface area contributed by atoms with E-state index in [1.165, 1.54) is 37.6 Å². The van der Waals surface area contributed by atoms with Gasteiger partial charge in [0.15, 0.2) is 5.82 Å². The van der Waals surface area contributed by atoms with Crippen LogP contribution >= 0.6 is 11.6 Å². The van der Waals surface area contributed by atoms with Gasteiger partial charge >= 0.3 is 0 Å². The Morgan fingerprint density at radius 2 is 1.82 bits per heavy atom. The van der Waals surface area contributed by atoms with E-state index in [4.69, 9.17) is 26.2 Å². The molecule has 0 aliphatic carbocycles. The largest absolute Gasteiger partial charge is 0.497 e. The highest BCUT2D eigenvalue weighted by atomic mass is 35.5. The number of rotatable bonds is 10. The number of nitrogens with one attached hydrogen (secondary N) is 3. The van der Waals surface area contributed by atoms with E-state index >= 15 is 0 Å². The van der Waals surface area contributed by atoms with Crippen LogP contribution in [0.4, 0.5) is 33.2 Å². The second-order valence-electron chi connectivity index (χ2n) is 6.64. The third-order valence-corrected chi connectivity index (χ3v) is 4.93. The highest BCUT2D eigenvalue weighted by Crippen LogP contribution is 2.33. The molecule has 0 unspecified atom stereocenters. The molecule has 33 heavy (non-hydrogen) atoms. The first kappa shape index (κ1) is 24.3.